The lowest BCUT2D eigenvalue weighted by atomic mass is 9.98. The highest BCUT2D eigenvalue weighted by molar-refractivity contribution is 7.93. The number of nitrogens with one attached hydrogen (secondary N) is 1. The molecule has 12 heteroatoms. The summed E-state index contributed by atoms with van der Waals surface area (Å²) in [5, 5.41) is 1.18. The van der Waals surface area contributed by atoms with Crippen molar-refractivity contribution in [3.63, 3.8) is 0 Å². The van der Waals surface area contributed by atoms with E-state index < -0.39 is 26.8 Å². The zero-order valence-corrected chi connectivity index (χ0v) is 22.9. The third kappa shape index (κ3) is 7.54. The largest absolute Gasteiger partial charge is 0.489 e. The van der Waals surface area contributed by atoms with Gasteiger partial charge in [-0.05, 0) is 68.4 Å². The first-order valence-electron chi connectivity index (χ1n) is 12.8. The first-order chi connectivity index (χ1) is 18.2. The van der Waals surface area contributed by atoms with Gasteiger partial charge >= 0.3 is 0 Å². The number of benzene rings is 1. The van der Waals surface area contributed by atoms with Crippen molar-refractivity contribution < 1.29 is 41.9 Å². The fraction of sp³-hybridized carbons (Fsp3) is 0.615. The Hall–Kier alpha value is -2.51. The third-order valence-electron chi connectivity index (χ3n) is 6.77. The van der Waals surface area contributed by atoms with Crippen LogP contribution >= 0.6 is 0 Å². The Morgan fingerprint density at radius 2 is 1.84 bits per heavy atom. The van der Waals surface area contributed by atoms with Crippen LogP contribution in [0, 0.1) is 0 Å². The summed E-state index contributed by atoms with van der Waals surface area (Å²) in [6.07, 6.45) is 3.42. The van der Waals surface area contributed by atoms with Gasteiger partial charge in [-0.2, -0.15) is 0 Å². The van der Waals surface area contributed by atoms with Crippen molar-refractivity contribution in [1.82, 2.24) is 10.5 Å². The van der Waals surface area contributed by atoms with Gasteiger partial charge in [-0.3, -0.25) is 14.4 Å². The number of carbonyl (C=O) groups excluding carboxylic acids is 2. The summed E-state index contributed by atoms with van der Waals surface area (Å²) in [4.78, 5) is 35.3. The van der Waals surface area contributed by atoms with E-state index in [-0.39, 0.29) is 43.5 Å². The van der Waals surface area contributed by atoms with Crippen LogP contribution in [0.4, 0.5) is 0 Å². The molecule has 0 aliphatic carbocycles. The van der Waals surface area contributed by atoms with E-state index in [4.69, 9.17) is 23.9 Å². The number of nitrogens with zero attached hydrogens (tertiary/aromatic N) is 1. The number of ether oxygens (including phenoxy) is 3. The van der Waals surface area contributed by atoms with Crippen LogP contribution in [0.25, 0.3) is 0 Å². The lowest BCUT2D eigenvalue weighted by Gasteiger charge is -2.35. The number of sulfone groups is 1. The quantitative estimate of drug-likeness (QED) is 0.289. The second-order valence-corrected chi connectivity index (χ2v) is 11.7. The first kappa shape index (κ1) is 30.0. The molecule has 2 fully saturated rings. The molecule has 1 N–H and O–H groups in total. The maximum Gasteiger partial charge on any atom is 0.265 e. The van der Waals surface area contributed by atoms with Crippen molar-refractivity contribution in [1.29, 1.82) is 0 Å². The van der Waals surface area contributed by atoms with Gasteiger partial charge in [-0.15, -0.1) is 0 Å². The molecule has 3 rings (SSSR count). The van der Waals surface area contributed by atoms with Crippen LogP contribution in [-0.2, 0) is 38.6 Å². The van der Waals surface area contributed by atoms with Crippen molar-refractivity contribution >= 4 is 21.7 Å². The van der Waals surface area contributed by atoms with Crippen LogP contribution in [0.5, 0.6) is 5.75 Å². The Bertz CT molecular complexity index is 1050. The Labute approximate surface area is 224 Å². The summed E-state index contributed by atoms with van der Waals surface area (Å²) in [5.74, 6) is -0.381. The van der Waals surface area contributed by atoms with Crippen LogP contribution in [0.2, 0.25) is 0 Å². The van der Waals surface area contributed by atoms with E-state index in [9.17, 15) is 18.0 Å². The average Bonchev–Trinajstić information content (AvgIpc) is 2.95. The Kier molecular flexibility index (Phi) is 11.1. The molecule has 11 nitrogen and oxygen atoms in total. The highest BCUT2D eigenvalue weighted by atomic mass is 32.2. The molecule has 1 unspecified atom stereocenters. The fourth-order valence-electron chi connectivity index (χ4n) is 4.28. The van der Waals surface area contributed by atoms with E-state index in [0.29, 0.717) is 38.0 Å². The predicted octanol–water partition coefficient (Wildman–Crippen LogP) is 2.71. The molecule has 2 aliphatic rings. The summed E-state index contributed by atoms with van der Waals surface area (Å²) in [7, 11) is -1.10. The molecule has 38 heavy (non-hydrogen) atoms. The molecule has 0 bridgehead atoms. The maximum atomic E-state index is 13.7. The second-order valence-electron chi connectivity index (χ2n) is 9.39. The molecular formula is C26H38N2O9S. The number of hydrogen-bond donors (Lipinski definition) is 1. The zero-order valence-electron chi connectivity index (χ0n) is 22.1. The predicted molar refractivity (Wildman–Crippen MR) is 137 cm³/mol. The van der Waals surface area contributed by atoms with Gasteiger partial charge in [0.2, 0.25) is 5.91 Å². The van der Waals surface area contributed by atoms with Crippen LogP contribution in [0.15, 0.2) is 41.3 Å². The first-order valence-corrected chi connectivity index (χ1v) is 14.3. The van der Waals surface area contributed by atoms with E-state index in [1.54, 1.807) is 19.2 Å². The van der Waals surface area contributed by atoms with Gasteiger partial charge < -0.3 is 14.2 Å². The van der Waals surface area contributed by atoms with Crippen molar-refractivity contribution in [3.05, 3.63) is 36.4 Å². The summed E-state index contributed by atoms with van der Waals surface area (Å²) < 4.78 is 42.3. The van der Waals surface area contributed by atoms with Gasteiger partial charge in [-0.1, -0.05) is 6.58 Å². The van der Waals surface area contributed by atoms with E-state index in [2.05, 4.69) is 12.1 Å². The number of hydroxylamine groups is 3. The summed E-state index contributed by atoms with van der Waals surface area (Å²) in [5.41, 5.74) is 3.15. The molecule has 0 aromatic heterocycles. The van der Waals surface area contributed by atoms with E-state index >= 15 is 0 Å². The molecular weight excluding hydrogens is 516 g/mol. The Morgan fingerprint density at radius 1 is 1.13 bits per heavy atom. The molecule has 1 aromatic rings. The van der Waals surface area contributed by atoms with Crippen LogP contribution in [-0.4, -0.2) is 76.9 Å². The minimum atomic E-state index is -4.09. The molecule has 0 saturated carbocycles. The molecule has 2 aliphatic heterocycles. The molecule has 2 saturated heterocycles. The van der Waals surface area contributed by atoms with Gasteiger partial charge in [0.1, 0.15) is 12.4 Å². The number of rotatable bonds is 13. The fourth-order valence-corrected chi connectivity index (χ4v) is 6.22. The highest BCUT2D eigenvalue weighted by Gasteiger charge is 2.52. The summed E-state index contributed by atoms with van der Waals surface area (Å²) in [6, 6.07) is 5.97. The lowest BCUT2D eigenvalue weighted by molar-refractivity contribution is -0.202. The number of amides is 2. The van der Waals surface area contributed by atoms with Crippen molar-refractivity contribution in [3.8, 4) is 5.75 Å². The van der Waals surface area contributed by atoms with E-state index in [1.807, 2.05) is 0 Å². The molecule has 1 aromatic carbocycles. The highest BCUT2D eigenvalue weighted by Crippen LogP contribution is 2.36. The third-order valence-corrected chi connectivity index (χ3v) is 9.29. The normalized spacial score (nSPS) is 19.4. The van der Waals surface area contributed by atoms with Crippen LogP contribution < -0.4 is 10.2 Å². The molecule has 2 heterocycles. The zero-order chi connectivity index (χ0) is 27.6. The average molecular weight is 555 g/mol. The van der Waals surface area contributed by atoms with Gasteiger partial charge in [0.05, 0.1) is 12.0 Å². The Morgan fingerprint density at radius 3 is 2.47 bits per heavy atom. The molecule has 212 valence electrons. The molecule has 0 spiro atoms. The number of hydrogen-bond acceptors (Lipinski definition) is 9. The lowest BCUT2D eigenvalue weighted by Crippen LogP contribution is -2.56. The summed E-state index contributed by atoms with van der Waals surface area (Å²) >= 11 is 0. The minimum absolute atomic E-state index is 0.00965. The monoisotopic (exact) mass is 554 g/mol. The van der Waals surface area contributed by atoms with Crippen molar-refractivity contribution in [2.75, 3.05) is 40.6 Å². The standard InChI is InChI=1S/C26H38N2O9S/c1-20(7-6-8-23(29)28(2)33-3)19-36-21-10-12-22(13-11-21)38(31,32)26(14-17-34-18-15-26)25(30)27-37-24-9-4-5-16-35-24/h10-13,24H,1,4-9,14-19H2,2-3H3,(H,27,30). The van der Waals surface area contributed by atoms with Crippen molar-refractivity contribution in [2.45, 2.75) is 67.3 Å². The minimum Gasteiger partial charge on any atom is -0.489 e. The van der Waals surface area contributed by atoms with Crippen LogP contribution in [0.1, 0.15) is 51.4 Å². The van der Waals surface area contributed by atoms with Crippen LogP contribution in [0.3, 0.4) is 0 Å². The summed E-state index contributed by atoms with van der Waals surface area (Å²) in [6.45, 7) is 5.02. The van der Waals surface area contributed by atoms with Gasteiger partial charge in [0, 0.05) is 39.7 Å². The molecule has 2 amide bonds. The number of carbonyl (C=O) groups is 2. The Balaban J connectivity index is 1.59. The van der Waals surface area contributed by atoms with Gasteiger partial charge in [0.15, 0.2) is 20.9 Å². The SMILES string of the molecule is C=C(CCCC(=O)N(C)OC)COc1ccc(S(=O)(=O)C2(C(=O)NOC3CCCCO3)CCOCC2)cc1. The van der Waals surface area contributed by atoms with Crippen molar-refractivity contribution in [2.24, 2.45) is 0 Å². The van der Waals surface area contributed by atoms with E-state index in [1.165, 1.54) is 24.3 Å². The van der Waals surface area contributed by atoms with Gasteiger partial charge in [0.25, 0.3) is 5.91 Å². The smallest absolute Gasteiger partial charge is 0.265 e. The second kappa shape index (κ2) is 14.0. The van der Waals surface area contributed by atoms with E-state index in [0.717, 1.165) is 18.4 Å². The topological polar surface area (TPSA) is 130 Å². The molecule has 1 atom stereocenters. The maximum absolute atomic E-state index is 13.7. The van der Waals surface area contributed by atoms with Gasteiger partial charge in [-0.25, -0.2) is 23.8 Å². The molecule has 0 radical (unpaired) electrons.